The van der Waals surface area contributed by atoms with E-state index in [9.17, 15) is 4.57 Å². The Bertz CT molecular complexity index is 454. The first-order valence-electron chi connectivity index (χ1n) is 5.71. The third kappa shape index (κ3) is 2.81. The summed E-state index contributed by atoms with van der Waals surface area (Å²) in [7, 11) is -0.353. The van der Waals surface area contributed by atoms with Crippen LogP contribution < -0.4 is 0 Å². The first-order chi connectivity index (χ1) is 8.20. The van der Waals surface area contributed by atoms with Crippen molar-refractivity contribution in [2.75, 3.05) is 0 Å². The predicted octanol–water partition coefficient (Wildman–Crippen LogP) is 4.42. The van der Waals surface area contributed by atoms with Gasteiger partial charge in [-0.3, -0.25) is 0 Å². The molecular formula is C15H16OP+. The summed E-state index contributed by atoms with van der Waals surface area (Å²) in [6.45, 7) is 4.12. The second-order valence-corrected chi connectivity index (χ2v) is 5.19. The van der Waals surface area contributed by atoms with E-state index >= 15 is 0 Å². The minimum Gasteiger partial charge on any atom is -0.0764 e. The zero-order valence-corrected chi connectivity index (χ0v) is 11.1. The quantitative estimate of drug-likeness (QED) is 0.729. The summed E-state index contributed by atoms with van der Waals surface area (Å²) >= 11 is 0. The molecule has 2 heteroatoms. The van der Waals surface area contributed by atoms with E-state index in [1.54, 1.807) is 0 Å². The number of hydrogen-bond donors (Lipinski definition) is 0. The van der Waals surface area contributed by atoms with Crippen molar-refractivity contribution in [3.8, 4) is 0 Å². The van der Waals surface area contributed by atoms with Crippen LogP contribution in [-0.4, -0.2) is 0 Å². The molecule has 1 unspecified atom stereocenters. The summed E-state index contributed by atoms with van der Waals surface area (Å²) in [5.74, 6) is 0. The molecule has 1 nitrogen and oxygen atoms in total. The summed E-state index contributed by atoms with van der Waals surface area (Å²) in [4.78, 5) is 0. The second kappa shape index (κ2) is 5.25. The van der Waals surface area contributed by atoms with Gasteiger partial charge in [-0.2, -0.15) is 0 Å². The monoisotopic (exact) mass is 243 g/mol. The van der Waals surface area contributed by atoms with Gasteiger partial charge in [-0.05, 0) is 13.8 Å². The van der Waals surface area contributed by atoms with E-state index in [2.05, 4.69) is 62.4 Å². The zero-order valence-electron chi connectivity index (χ0n) is 10.1. The van der Waals surface area contributed by atoms with Crippen molar-refractivity contribution >= 4 is 8.46 Å². The van der Waals surface area contributed by atoms with Crippen LogP contribution in [0.25, 0.3) is 0 Å². The third-order valence-corrected chi connectivity index (χ3v) is 3.84. The summed E-state index contributed by atoms with van der Waals surface area (Å²) in [6.07, 6.45) is 0. The molecule has 0 heterocycles. The van der Waals surface area contributed by atoms with Gasteiger partial charge in [0.05, 0.1) is 0 Å². The van der Waals surface area contributed by atoms with Gasteiger partial charge in [0.15, 0.2) is 0 Å². The van der Waals surface area contributed by atoms with Crippen molar-refractivity contribution in [1.82, 2.24) is 0 Å². The van der Waals surface area contributed by atoms with Gasteiger partial charge in [0.25, 0.3) is 0 Å². The van der Waals surface area contributed by atoms with E-state index in [-0.39, 0.29) is 14.1 Å². The first-order valence-corrected chi connectivity index (χ1v) is 6.70. The molecular weight excluding hydrogens is 227 g/mol. The van der Waals surface area contributed by atoms with Crippen molar-refractivity contribution in [2.24, 2.45) is 0 Å². The van der Waals surface area contributed by atoms with Gasteiger partial charge < -0.3 is 0 Å². The van der Waals surface area contributed by atoms with Crippen LogP contribution >= 0.6 is 8.46 Å². The Balaban J connectivity index is 2.36. The van der Waals surface area contributed by atoms with Gasteiger partial charge in [0.1, 0.15) is 0 Å². The molecule has 0 spiro atoms. The van der Waals surface area contributed by atoms with E-state index in [0.29, 0.717) is 0 Å². The average Bonchev–Trinajstić information content (AvgIpc) is 2.35. The predicted molar refractivity (Wildman–Crippen MR) is 73.2 cm³/mol. The maximum Gasteiger partial charge on any atom is 0.337 e. The van der Waals surface area contributed by atoms with E-state index in [1.807, 2.05) is 0 Å². The average molecular weight is 243 g/mol. The largest absolute Gasteiger partial charge is 0.337 e. The molecule has 2 aromatic rings. The van der Waals surface area contributed by atoms with Crippen molar-refractivity contribution in [3.63, 3.8) is 0 Å². The fourth-order valence-electron chi connectivity index (χ4n) is 1.85. The van der Waals surface area contributed by atoms with E-state index in [0.717, 1.165) is 11.1 Å². The van der Waals surface area contributed by atoms with Crippen LogP contribution in [0, 0.1) is 13.8 Å². The Morgan fingerprint density at radius 1 is 0.765 bits per heavy atom. The van der Waals surface area contributed by atoms with Crippen LogP contribution in [0.15, 0.2) is 48.5 Å². The minimum atomic E-state index is -0.353. The Morgan fingerprint density at radius 3 is 1.41 bits per heavy atom. The van der Waals surface area contributed by atoms with Crippen LogP contribution in [0.4, 0.5) is 0 Å². The van der Waals surface area contributed by atoms with Crippen molar-refractivity contribution in [2.45, 2.75) is 19.5 Å². The Kier molecular flexibility index (Phi) is 3.71. The Hall–Kier alpha value is -1.46. The van der Waals surface area contributed by atoms with E-state index in [4.69, 9.17) is 0 Å². The lowest BCUT2D eigenvalue weighted by Crippen LogP contribution is -1.93. The molecule has 0 bridgehead atoms. The molecule has 1 atom stereocenters. The topological polar surface area (TPSA) is 17.1 Å². The van der Waals surface area contributed by atoms with Crippen LogP contribution in [0.5, 0.6) is 0 Å². The SMILES string of the molecule is Cc1ccc(C([PH+]=O)c2ccc(C)cc2)cc1. The van der Waals surface area contributed by atoms with E-state index < -0.39 is 0 Å². The summed E-state index contributed by atoms with van der Waals surface area (Å²) in [5, 5.41) is 0. The number of hydrogen-bond acceptors (Lipinski definition) is 1. The van der Waals surface area contributed by atoms with E-state index in [1.165, 1.54) is 11.1 Å². The maximum absolute atomic E-state index is 11.4. The lowest BCUT2D eigenvalue weighted by atomic mass is 10.0. The molecule has 2 aromatic carbocycles. The molecule has 17 heavy (non-hydrogen) atoms. The molecule has 2 rings (SSSR count). The molecule has 0 aromatic heterocycles. The smallest absolute Gasteiger partial charge is 0.0764 e. The van der Waals surface area contributed by atoms with Crippen LogP contribution in [0.3, 0.4) is 0 Å². The summed E-state index contributed by atoms with van der Waals surface area (Å²) < 4.78 is 11.4. The third-order valence-electron chi connectivity index (χ3n) is 2.94. The molecule has 0 aliphatic carbocycles. The lowest BCUT2D eigenvalue weighted by Gasteiger charge is -2.06. The fourth-order valence-corrected chi connectivity index (χ4v) is 2.50. The fraction of sp³-hybridized carbons (Fsp3) is 0.200. The molecule has 86 valence electrons. The highest BCUT2D eigenvalue weighted by atomic mass is 31.1. The molecule has 0 N–H and O–H groups in total. The molecule has 0 fully saturated rings. The van der Waals surface area contributed by atoms with Gasteiger partial charge in [0.2, 0.25) is 5.66 Å². The highest BCUT2D eigenvalue weighted by molar-refractivity contribution is 7.24. The number of rotatable bonds is 3. The maximum atomic E-state index is 11.4. The van der Waals surface area contributed by atoms with Gasteiger partial charge >= 0.3 is 8.46 Å². The summed E-state index contributed by atoms with van der Waals surface area (Å²) in [5.41, 5.74) is 4.69. The molecule has 0 aliphatic rings. The number of benzene rings is 2. The van der Waals surface area contributed by atoms with Crippen LogP contribution in [-0.2, 0) is 4.57 Å². The van der Waals surface area contributed by atoms with Gasteiger partial charge in [-0.15, -0.1) is 0 Å². The highest BCUT2D eigenvalue weighted by Gasteiger charge is 2.20. The Morgan fingerprint density at radius 2 is 1.12 bits per heavy atom. The lowest BCUT2D eigenvalue weighted by molar-refractivity contribution is 0.595. The van der Waals surface area contributed by atoms with Crippen LogP contribution in [0.1, 0.15) is 27.9 Å². The van der Waals surface area contributed by atoms with Crippen LogP contribution in [0.2, 0.25) is 0 Å². The van der Waals surface area contributed by atoms with Gasteiger partial charge in [-0.25, -0.2) is 0 Å². The molecule has 0 amide bonds. The first kappa shape index (κ1) is 12.0. The molecule has 0 radical (unpaired) electrons. The number of aryl methyl sites for hydroxylation is 2. The van der Waals surface area contributed by atoms with Gasteiger partial charge in [-0.1, -0.05) is 64.2 Å². The van der Waals surface area contributed by atoms with Crippen molar-refractivity contribution in [3.05, 3.63) is 70.8 Å². The minimum absolute atomic E-state index is 0.00352. The van der Waals surface area contributed by atoms with Gasteiger partial charge in [0, 0.05) is 11.1 Å². The molecule has 0 saturated heterocycles. The highest BCUT2D eigenvalue weighted by Crippen LogP contribution is 2.34. The Labute approximate surface area is 104 Å². The zero-order chi connectivity index (χ0) is 12.3. The van der Waals surface area contributed by atoms with Crippen molar-refractivity contribution in [1.29, 1.82) is 0 Å². The second-order valence-electron chi connectivity index (χ2n) is 4.37. The molecule has 0 aliphatic heterocycles. The molecule has 0 saturated carbocycles. The van der Waals surface area contributed by atoms with Crippen molar-refractivity contribution < 1.29 is 4.57 Å². The summed E-state index contributed by atoms with van der Waals surface area (Å²) in [6, 6.07) is 16.5. The standard InChI is InChI=1S/C15H15OP/c1-11-3-7-13(8-4-11)15(17-16)14-9-5-12(2)6-10-14/h3-10,15H,1-2H3/p+1. The normalized spacial score (nSPS) is 11.0.